The van der Waals surface area contributed by atoms with Gasteiger partial charge in [0.05, 0.1) is 8.45 Å². The fourth-order valence-electron chi connectivity index (χ4n) is 2.18. The highest BCUT2D eigenvalue weighted by Gasteiger charge is 2.08. The average molecular weight is 396 g/mol. The quantitative estimate of drug-likeness (QED) is 0.648. The van der Waals surface area contributed by atoms with Crippen LogP contribution in [-0.2, 0) is 6.42 Å². The number of aromatic nitrogens is 1. The average Bonchev–Trinajstić information content (AvgIpc) is 3.06. The van der Waals surface area contributed by atoms with Gasteiger partial charge in [0.15, 0.2) is 0 Å². The van der Waals surface area contributed by atoms with E-state index in [1.807, 2.05) is 29.8 Å². The van der Waals surface area contributed by atoms with Crippen LogP contribution in [0.5, 0.6) is 0 Å². The Kier molecular flexibility index (Phi) is 4.07. The lowest BCUT2D eigenvalue weighted by Gasteiger charge is -2.03. The Hall–Kier alpha value is -1.34. The third-order valence-corrected chi connectivity index (χ3v) is 4.97. The summed E-state index contributed by atoms with van der Waals surface area (Å²) in [5, 5.41) is 6.09. The number of halogens is 1. The Balaban J connectivity index is 1.61. The lowest BCUT2D eigenvalue weighted by Crippen LogP contribution is -2.25. The Morgan fingerprint density at radius 1 is 1.35 bits per heavy atom. The molecule has 0 saturated heterocycles. The molecule has 0 saturated carbocycles. The van der Waals surface area contributed by atoms with Crippen molar-refractivity contribution in [3.05, 3.63) is 55.9 Å². The summed E-state index contributed by atoms with van der Waals surface area (Å²) in [6, 6.07) is 10.1. The summed E-state index contributed by atoms with van der Waals surface area (Å²) in [6.07, 6.45) is 2.85. The number of hydrogen-bond acceptors (Lipinski definition) is 2. The Labute approximate surface area is 134 Å². The van der Waals surface area contributed by atoms with Crippen LogP contribution in [-0.4, -0.2) is 17.4 Å². The van der Waals surface area contributed by atoms with Gasteiger partial charge in [-0.2, -0.15) is 0 Å². The summed E-state index contributed by atoms with van der Waals surface area (Å²) < 4.78 is 1.13. The van der Waals surface area contributed by atoms with Crippen LogP contribution >= 0.6 is 33.9 Å². The molecular formula is C15H13IN2OS. The van der Waals surface area contributed by atoms with Gasteiger partial charge in [0.2, 0.25) is 0 Å². The number of rotatable bonds is 4. The number of carbonyl (C=O) groups is 1. The van der Waals surface area contributed by atoms with Gasteiger partial charge < -0.3 is 10.3 Å². The summed E-state index contributed by atoms with van der Waals surface area (Å²) in [7, 11) is 0. The van der Waals surface area contributed by atoms with Crippen molar-refractivity contribution >= 4 is 50.7 Å². The largest absolute Gasteiger partial charge is 0.361 e. The van der Waals surface area contributed by atoms with E-state index in [9.17, 15) is 4.79 Å². The topological polar surface area (TPSA) is 44.9 Å². The van der Waals surface area contributed by atoms with Crippen molar-refractivity contribution in [1.29, 1.82) is 0 Å². The maximum absolute atomic E-state index is 11.9. The fraction of sp³-hybridized carbons (Fsp3) is 0.133. The third-order valence-electron chi connectivity index (χ3n) is 3.18. The Morgan fingerprint density at radius 2 is 2.20 bits per heavy atom. The van der Waals surface area contributed by atoms with Crippen LogP contribution in [0.2, 0.25) is 0 Å². The van der Waals surface area contributed by atoms with Crippen LogP contribution in [0, 0.1) is 2.88 Å². The molecule has 0 atom stereocenters. The van der Waals surface area contributed by atoms with Gasteiger partial charge in [-0.05, 0) is 46.7 Å². The van der Waals surface area contributed by atoms with Crippen molar-refractivity contribution in [3.8, 4) is 0 Å². The number of carbonyl (C=O) groups excluding carboxylic acids is 1. The molecule has 0 radical (unpaired) electrons. The number of benzene rings is 1. The van der Waals surface area contributed by atoms with Gasteiger partial charge in [-0.25, -0.2) is 0 Å². The summed E-state index contributed by atoms with van der Waals surface area (Å²) in [4.78, 5) is 15.2. The Morgan fingerprint density at radius 3 is 3.00 bits per heavy atom. The van der Waals surface area contributed by atoms with Gasteiger partial charge in [-0.1, -0.05) is 18.2 Å². The van der Waals surface area contributed by atoms with E-state index in [-0.39, 0.29) is 5.91 Å². The number of thiophene rings is 1. The van der Waals surface area contributed by atoms with E-state index in [4.69, 9.17) is 0 Å². The molecule has 2 aromatic heterocycles. The summed E-state index contributed by atoms with van der Waals surface area (Å²) in [5.74, 6) is 0.00371. The van der Waals surface area contributed by atoms with Crippen molar-refractivity contribution in [3.63, 3.8) is 0 Å². The molecule has 3 aromatic rings. The van der Waals surface area contributed by atoms with Crippen LogP contribution in [0.3, 0.4) is 0 Å². The molecule has 1 aromatic carbocycles. The van der Waals surface area contributed by atoms with Crippen LogP contribution in [0.15, 0.2) is 41.9 Å². The first-order valence-electron chi connectivity index (χ1n) is 6.31. The van der Waals surface area contributed by atoms with Gasteiger partial charge in [0, 0.05) is 29.0 Å². The molecule has 0 bridgehead atoms. The van der Waals surface area contributed by atoms with Crippen molar-refractivity contribution in [2.75, 3.05) is 6.54 Å². The van der Waals surface area contributed by atoms with Gasteiger partial charge in [0.25, 0.3) is 5.91 Å². The fourth-order valence-corrected chi connectivity index (χ4v) is 3.51. The second kappa shape index (κ2) is 5.97. The van der Waals surface area contributed by atoms with E-state index < -0.39 is 0 Å². The van der Waals surface area contributed by atoms with Gasteiger partial charge in [0.1, 0.15) is 0 Å². The first-order chi connectivity index (χ1) is 9.74. The lowest BCUT2D eigenvalue weighted by atomic mass is 10.1. The monoisotopic (exact) mass is 396 g/mol. The second-order valence-electron chi connectivity index (χ2n) is 4.50. The van der Waals surface area contributed by atoms with Crippen LogP contribution < -0.4 is 5.32 Å². The molecule has 2 heterocycles. The van der Waals surface area contributed by atoms with Crippen molar-refractivity contribution < 1.29 is 4.79 Å². The molecule has 0 aliphatic rings. The molecule has 0 unspecified atom stereocenters. The zero-order valence-electron chi connectivity index (χ0n) is 10.7. The first kappa shape index (κ1) is 13.6. The van der Waals surface area contributed by atoms with E-state index in [0.717, 1.165) is 20.4 Å². The van der Waals surface area contributed by atoms with Crippen LogP contribution in [0.4, 0.5) is 0 Å². The van der Waals surface area contributed by atoms with E-state index >= 15 is 0 Å². The predicted octanol–water partition coefficient (Wildman–Crippen LogP) is 3.81. The molecule has 0 aliphatic carbocycles. The van der Waals surface area contributed by atoms with Crippen molar-refractivity contribution in [2.24, 2.45) is 0 Å². The minimum Gasteiger partial charge on any atom is -0.361 e. The van der Waals surface area contributed by atoms with Gasteiger partial charge >= 0.3 is 0 Å². The molecular weight excluding hydrogens is 383 g/mol. The smallest absolute Gasteiger partial charge is 0.252 e. The number of para-hydroxylation sites is 1. The highest BCUT2D eigenvalue weighted by Crippen LogP contribution is 2.18. The SMILES string of the molecule is O=C(NCCc1c[nH]c2ccccc12)c1csc(I)c1. The van der Waals surface area contributed by atoms with E-state index in [1.54, 1.807) is 11.3 Å². The molecule has 5 heteroatoms. The summed E-state index contributed by atoms with van der Waals surface area (Å²) in [6.45, 7) is 0.646. The minimum atomic E-state index is 0.00371. The number of H-pyrrole nitrogens is 1. The Bertz CT molecular complexity index is 747. The molecule has 2 N–H and O–H groups in total. The van der Waals surface area contributed by atoms with E-state index in [1.165, 1.54) is 10.9 Å². The molecule has 20 heavy (non-hydrogen) atoms. The zero-order valence-corrected chi connectivity index (χ0v) is 13.6. The molecule has 3 rings (SSSR count). The number of amides is 1. The van der Waals surface area contributed by atoms with Crippen LogP contribution in [0.1, 0.15) is 15.9 Å². The third kappa shape index (κ3) is 2.88. The van der Waals surface area contributed by atoms with Crippen LogP contribution in [0.25, 0.3) is 10.9 Å². The van der Waals surface area contributed by atoms with E-state index in [0.29, 0.717) is 6.54 Å². The maximum atomic E-state index is 11.9. The van der Waals surface area contributed by atoms with E-state index in [2.05, 4.69) is 45.0 Å². The highest BCUT2D eigenvalue weighted by atomic mass is 127. The molecule has 0 fully saturated rings. The standard InChI is InChI=1S/C15H13IN2OS/c16-14-7-11(9-20-14)15(19)17-6-5-10-8-18-13-4-2-1-3-12(10)13/h1-4,7-9,18H,5-6H2,(H,17,19). The number of nitrogens with one attached hydrogen (secondary N) is 2. The lowest BCUT2D eigenvalue weighted by molar-refractivity contribution is 0.0954. The number of hydrogen-bond donors (Lipinski definition) is 2. The minimum absolute atomic E-state index is 0.00371. The van der Waals surface area contributed by atoms with Gasteiger partial charge in [-0.15, -0.1) is 11.3 Å². The normalized spacial score (nSPS) is 10.8. The molecule has 3 nitrogen and oxygen atoms in total. The summed E-state index contributed by atoms with van der Waals surface area (Å²) in [5.41, 5.74) is 3.13. The molecule has 102 valence electrons. The maximum Gasteiger partial charge on any atom is 0.252 e. The van der Waals surface area contributed by atoms with Crippen molar-refractivity contribution in [2.45, 2.75) is 6.42 Å². The first-order valence-corrected chi connectivity index (χ1v) is 8.27. The molecule has 0 spiro atoms. The zero-order chi connectivity index (χ0) is 13.9. The molecule has 0 aliphatic heterocycles. The summed E-state index contributed by atoms with van der Waals surface area (Å²) >= 11 is 3.81. The van der Waals surface area contributed by atoms with Crippen molar-refractivity contribution in [1.82, 2.24) is 10.3 Å². The van der Waals surface area contributed by atoms with Gasteiger partial charge in [-0.3, -0.25) is 4.79 Å². The second-order valence-corrected chi connectivity index (χ2v) is 7.31. The number of fused-ring (bicyclic) bond motifs is 1. The number of aromatic amines is 1. The molecule has 1 amide bonds. The predicted molar refractivity (Wildman–Crippen MR) is 91.4 cm³/mol. The highest BCUT2D eigenvalue weighted by molar-refractivity contribution is 14.1.